The van der Waals surface area contributed by atoms with Crippen molar-refractivity contribution in [1.82, 2.24) is 4.98 Å². The minimum Gasteiger partial charge on any atom is -0.432 e. The minimum absolute atomic E-state index is 0.340. The van der Waals surface area contributed by atoms with E-state index in [1.54, 1.807) is 0 Å². The standard InChI is InChI=1S/C14H13NOS/c1-10(12-6-4-3-5-7-12)8-9-13-11(2)15-14(17)16-13/h3-9H,2H2,1H3,(H,15,17)/b10-8+,13-9+. The molecule has 0 spiro atoms. The van der Waals surface area contributed by atoms with Gasteiger partial charge < -0.3 is 4.42 Å². The highest BCUT2D eigenvalue weighted by atomic mass is 32.1. The van der Waals surface area contributed by atoms with Gasteiger partial charge in [-0.1, -0.05) is 55.6 Å². The molecular formula is C14H13NOS. The Morgan fingerprint density at radius 2 is 2.06 bits per heavy atom. The first-order valence-corrected chi connectivity index (χ1v) is 5.70. The summed E-state index contributed by atoms with van der Waals surface area (Å²) in [5.41, 5.74) is 2.98. The number of thiol groups is 1. The van der Waals surface area contributed by atoms with E-state index in [1.807, 2.05) is 37.3 Å². The van der Waals surface area contributed by atoms with Crippen LogP contribution in [0, 0.1) is 0 Å². The van der Waals surface area contributed by atoms with E-state index in [0.717, 1.165) is 5.57 Å². The van der Waals surface area contributed by atoms with Crippen LogP contribution < -0.4 is 10.8 Å². The second-order valence-corrected chi connectivity index (χ2v) is 4.07. The molecule has 0 saturated carbocycles. The van der Waals surface area contributed by atoms with E-state index < -0.39 is 0 Å². The van der Waals surface area contributed by atoms with Gasteiger partial charge in [0.15, 0.2) is 5.42 Å². The highest BCUT2D eigenvalue weighted by molar-refractivity contribution is 7.80. The first kappa shape index (κ1) is 11.7. The van der Waals surface area contributed by atoms with Crippen LogP contribution in [0.4, 0.5) is 0 Å². The summed E-state index contributed by atoms with van der Waals surface area (Å²) in [5, 5.41) is 0.944. The molecule has 0 unspecified atom stereocenters. The SMILES string of the molecule is C=c1nc(S)o/c1=C/C=C(\C)c1ccccc1. The first-order chi connectivity index (χ1) is 8.16. The van der Waals surface area contributed by atoms with E-state index >= 15 is 0 Å². The fourth-order valence-corrected chi connectivity index (χ4v) is 1.70. The van der Waals surface area contributed by atoms with E-state index in [1.165, 1.54) is 5.56 Å². The molecule has 86 valence electrons. The summed E-state index contributed by atoms with van der Waals surface area (Å²) < 4.78 is 5.29. The molecule has 3 heteroatoms. The van der Waals surface area contributed by atoms with Crippen LogP contribution in [0.15, 0.2) is 46.0 Å². The van der Waals surface area contributed by atoms with Gasteiger partial charge in [0.2, 0.25) is 0 Å². The molecule has 1 aromatic carbocycles. The smallest absolute Gasteiger partial charge is 0.253 e. The third-order valence-corrected chi connectivity index (χ3v) is 2.62. The van der Waals surface area contributed by atoms with Gasteiger partial charge in [0.25, 0.3) is 5.22 Å². The minimum atomic E-state index is 0.340. The van der Waals surface area contributed by atoms with Gasteiger partial charge in [0.1, 0.15) is 5.35 Å². The van der Waals surface area contributed by atoms with Gasteiger partial charge in [-0.05, 0) is 24.1 Å². The number of aromatic nitrogens is 1. The summed E-state index contributed by atoms with van der Waals surface area (Å²) in [6.07, 6.45) is 3.84. The zero-order chi connectivity index (χ0) is 12.3. The second kappa shape index (κ2) is 5.06. The predicted molar refractivity (Wildman–Crippen MR) is 73.1 cm³/mol. The topological polar surface area (TPSA) is 26.0 Å². The molecule has 1 heterocycles. The van der Waals surface area contributed by atoms with Crippen molar-refractivity contribution in [3.8, 4) is 0 Å². The Morgan fingerprint density at radius 1 is 1.35 bits per heavy atom. The summed E-state index contributed by atoms with van der Waals surface area (Å²) in [6.45, 7) is 5.83. The van der Waals surface area contributed by atoms with Crippen LogP contribution in [0.2, 0.25) is 0 Å². The third kappa shape index (κ3) is 2.88. The van der Waals surface area contributed by atoms with Gasteiger partial charge in [0, 0.05) is 0 Å². The number of oxazole rings is 1. The highest BCUT2D eigenvalue weighted by Gasteiger charge is 1.94. The molecule has 17 heavy (non-hydrogen) atoms. The zero-order valence-corrected chi connectivity index (χ0v) is 10.4. The number of rotatable bonds is 2. The molecule has 2 rings (SSSR count). The van der Waals surface area contributed by atoms with E-state index in [0.29, 0.717) is 16.0 Å². The van der Waals surface area contributed by atoms with Gasteiger partial charge >= 0.3 is 0 Å². The van der Waals surface area contributed by atoms with Crippen molar-refractivity contribution in [1.29, 1.82) is 0 Å². The Kier molecular flexibility index (Phi) is 3.49. The van der Waals surface area contributed by atoms with Crippen molar-refractivity contribution in [2.24, 2.45) is 0 Å². The average molecular weight is 243 g/mol. The van der Waals surface area contributed by atoms with Crippen LogP contribution in [-0.4, -0.2) is 4.98 Å². The maximum absolute atomic E-state index is 5.29. The summed E-state index contributed by atoms with van der Waals surface area (Å²) >= 11 is 4.03. The van der Waals surface area contributed by atoms with Gasteiger partial charge in [-0.2, -0.15) is 0 Å². The summed E-state index contributed by atoms with van der Waals surface area (Å²) in [4.78, 5) is 3.99. The van der Waals surface area contributed by atoms with E-state index in [2.05, 4.69) is 36.3 Å². The number of allylic oxidation sites excluding steroid dienone is 2. The molecule has 0 amide bonds. The summed E-state index contributed by atoms with van der Waals surface area (Å²) in [7, 11) is 0. The van der Waals surface area contributed by atoms with Crippen molar-refractivity contribution in [3.05, 3.63) is 52.7 Å². The van der Waals surface area contributed by atoms with Gasteiger partial charge in [0.05, 0.1) is 0 Å². The molecular weight excluding hydrogens is 230 g/mol. The lowest BCUT2D eigenvalue weighted by Crippen LogP contribution is -2.19. The number of nitrogens with zero attached hydrogens (tertiary/aromatic N) is 1. The fourth-order valence-electron chi connectivity index (χ4n) is 1.48. The lowest BCUT2D eigenvalue weighted by Gasteiger charge is -1.97. The van der Waals surface area contributed by atoms with Crippen LogP contribution >= 0.6 is 12.6 Å². The lowest BCUT2D eigenvalue weighted by molar-refractivity contribution is 0.431. The average Bonchev–Trinajstić information content (AvgIpc) is 2.66. The van der Waals surface area contributed by atoms with Crippen LogP contribution in [0.5, 0.6) is 0 Å². The monoisotopic (exact) mass is 243 g/mol. The number of benzene rings is 1. The number of hydrogen-bond donors (Lipinski definition) is 1. The zero-order valence-electron chi connectivity index (χ0n) is 9.55. The maximum atomic E-state index is 5.29. The normalized spacial score (nSPS) is 13.1. The molecule has 0 N–H and O–H groups in total. The van der Waals surface area contributed by atoms with Crippen molar-refractivity contribution in [3.63, 3.8) is 0 Å². The molecule has 0 aliphatic heterocycles. The lowest BCUT2D eigenvalue weighted by atomic mass is 10.1. The van der Waals surface area contributed by atoms with Crippen molar-refractivity contribution < 1.29 is 4.42 Å². The molecule has 0 atom stereocenters. The van der Waals surface area contributed by atoms with Gasteiger partial charge in [-0.3, -0.25) is 0 Å². The van der Waals surface area contributed by atoms with E-state index in [-0.39, 0.29) is 0 Å². The molecule has 0 bridgehead atoms. The van der Waals surface area contributed by atoms with Crippen molar-refractivity contribution in [2.75, 3.05) is 0 Å². The molecule has 2 nitrogen and oxygen atoms in total. The molecule has 0 radical (unpaired) electrons. The van der Waals surface area contributed by atoms with Crippen LogP contribution in [0.3, 0.4) is 0 Å². The quantitative estimate of drug-likeness (QED) is 0.819. The van der Waals surface area contributed by atoms with E-state index in [4.69, 9.17) is 4.42 Å². The van der Waals surface area contributed by atoms with E-state index in [9.17, 15) is 0 Å². The highest BCUT2D eigenvalue weighted by Crippen LogP contribution is 2.12. The Bertz CT molecular complexity index is 641. The fraction of sp³-hybridized carbons (Fsp3) is 0.0714. The van der Waals surface area contributed by atoms with Crippen LogP contribution in [-0.2, 0) is 0 Å². The number of hydrogen-bond acceptors (Lipinski definition) is 3. The molecule has 2 aromatic rings. The Balaban J connectivity index is 2.36. The first-order valence-electron chi connectivity index (χ1n) is 5.25. The Labute approximate surface area is 105 Å². The predicted octanol–water partition coefficient (Wildman–Crippen LogP) is 2.26. The molecule has 0 aliphatic carbocycles. The summed E-state index contributed by atoms with van der Waals surface area (Å²) in [6, 6.07) is 10.2. The third-order valence-electron chi connectivity index (χ3n) is 2.43. The van der Waals surface area contributed by atoms with Crippen LogP contribution in [0.25, 0.3) is 18.2 Å². The van der Waals surface area contributed by atoms with Crippen molar-refractivity contribution >= 4 is 30.9 Å². The molecule has 1 aromatic heterocycles. The molecule has 0 aliphatic rings. The Morgan fingerprint density at radius 3 is 2.65 bits per heavy atom. The van der Waals surface area contributed by atoms with Gasteiger partial charge in [-0.15, -0.1) is 0 Å². The summed E-state index contributed by atoms with van der Waals surface area (Å²) in [5.74, 6) is 0. The largest absolute Gasteiger partial charge is 0.432 e. The van der Waals surface area contributed by atoms with Gasteiger partial charge in [-0.25, -0.2) is 4.98 Å². The second-order valence-electron chi connectivity index (χ2n) is 3.69. The molecule has 0 saturated heterocycles. The Hall–Kier alpha value is -1.74. The van der Waals surface area contributed by atoms with Crippen LogP contribution in [0.1, 0.15) is 12.5 Å². The molecule has 0 fully saturated rings. The van der Waals surface area contributed by atoms with Crippen molar-refractivity contribution in [2.45, 2.75) is 12.1 Å². The maximum Gasteiger partial charge on any atom is 0.253 e.